The van der Waals surface area contributed by atoms with E-state index in [0.29, 0.717) is 11.3 Å². The summed E-state index contributed by atoms with van der Waals surface area (Å²) in [5.74, 6) is 0.643. The SMILES string of the molecule is COc1ccc([C@H](O)CNC(=O)Nc2ccc(C(F)(F)F)cc2)cc1. The number of halogens is 3. The van der Waals surface area contributed by atoms with E-state index in [2.05, 4.69) is 10.6 Å². The fourth-order valence-corrected chi connectivity index (χ4v) is 2.05. The van der Waals surface area contributed by atoms with Crippen molar-refractivity contribution in [3.05, 3.63) is 59.7 Å². The largest absolute Gasteiger partial charge is 0.497 e. The van der Waals surface area contributed by atoms with Crippen LogP contribution in [-0.2, 0) is 6.18 Å². The van der Waals surface area contributed by atoms with Crippen LogP contribution < -0.4 is 15.4 Å². The Balaban J connectivity index is 1.85. The number of benzene rings is 2. The molecule has 2 amide bonds. The molecule has 0 aliphatic carbocycles. The molecule has 0 aromatic heterocycles. The van der Waals surface area contributed by atoms with Crippen LogP contribution in [0.4, 0.5) is 23.7 Å². The molecule has 134 valence electrons. The quantitative estimate of drug-likeness (QED) is 0.769. The molecule has 8 heteroatoms. The van der Waals surface area contributed by atoms with Gasteiger partial charge in [-0.3, -0.25) is 0 Å². The van der Waals surface area contributed by atoms with Gasteiger partial charge in [0.1, 0.15) is 5.75 Å². The van der Waals surface area contributed by atoms with E-state index >= 15 is 0 Å². The van der Waals surface area contributed by atoms with Crippen LogP contribution >= 0.6 is 0 Å². The maximum Gasteiger partial charge on any atom is 0.416 e. The summed E-state index contributed by atoms with van der Waals surface area (Å²) in [6.07, 6.45) is -5.35. The first-order valence-electron chi connectivity index (χ1n) is 7.33. The Morgan fingerprint density at radius 3 is 2.24 bits per heavy atom. The summed E-state index contributed by atoms with van der Waals surface area (Å²) in [4.78, 5) is 11.8. The molecule has 0 spiro atoms. The number of urea groups is 1. The van der Waals surface area contributed by atoms with Crippen LogP contribution in [0.1, 0.15) is 17.2 Å². The summed E-state index contributed by atoms with van der Waals surface area (Å²) in [6.45, 7) is -0.0567. The molecule has 2 rings (SSSR count). The number of anilines is 1. The molecule has 0 aliphatic rings. The van der Waals surface area contributed by atoms with E-state index in [-0.39, 0.29) is 12.2 Å². The summed E-state index contributed by atoms with van der Waals surface area (Å²) in [6, 6.07) is 10.1. The van der Waals surface area contributed by atoms with Crippen molar-refractivity contribution in [2.24, 2.45) is 0 Å². The second-order valence-corrected chi connectivity index (χ2v) is 5.20. The molecule has 0 aliphatic heterocycles. The molecule has 0 heterocycles. The fraction of sp³-hybridized carbons (Fsp3) is 0.235. The van der Waals surface area contributed by atoms with Gasteiger partial charge in [0.05, 0.1) is 18.8 Å². The van der Waals surface area contributed by atoms with E-state index in [1.54, 1.807) is 24.3 Å². The van der Waals surface area contributed by atoms with Gasteiger partial charge in [0.25, 0.3) is 0 Å². The molecule has 0 bridgehead atoms. The summed E-state index contributed by atoms with van der Waals surface area (Å²) in [5, 5.41) is 14.9. The van der Waals surface area contributed by atoms with Crippen molar-refractivity contribution in [2.45, 2.75) is 12.3 Å². The van der Waals surface area contributed by atoms with Gasteiger partial charge in [0.2, 0.25) is 0 Å². The van der Waals surface area contributed by atoms with Crippen LogP contribution in [-0.4, -0.2) is 24.8 Å². The topological polar surface area (TPSA) is 70.6 Å². The molecule has 0 saturated heterocycles. The molecule has 0 radical (unpaired) electrons. The van der Waals surface area contributed by atoms with Crippen LogP contribution in [0.25, 0.3) is 0 Å². The number of ether oxygens (including phenoxy) is 1. The van der Waals surface area contributed by atoms with Gasteiger partial charge in [-0.1, -0.05) is 12.1 Å². The highest BCUT2D eigenvalue weighted by Gasteiger charge is 2.29. The number of aliphatic hydroxyl groups excluding tert-OH is 1. The van der Waals surface area contributed by atoms with Crippen molar-refractivity contribution in [3.63, 3.8) is 0 Å². The highest BCUT2D eigenvalue weighted by molar-refractivity contribution is 5.89. The van der Waals surface area contributed by atoms with Gasteiger partial charge in [-0.15, -0.1) is 0 Å². The van der Waals surface area contributed by atoms with Crippen molar-refractivity contribution in [3.8, 4) is 5.75 Å². The molecule has 5 nitrogen and oxygen atoms in total. The highest BCUT2D eigenvalue weighted by atomic mass is 19.4. The van der Waals surface area contributed by atoms with Crippen molar-refractivity contribution >= 4 is 11.7 Å². The third-order valence-corrected chi connectivity index (χ3v) is 3.43. The second-order valence-electron chi connectivity index (χ2n) is 5.20. The normalized spacial score (nSPS) is 12.4. The first-order valence-corrected chi connectivity index (χ1v) is 7.33. The smallest absolute Gasteiger partial charge is 0.416 e. The van der Waals surface area contributed by atoms with Gasteiger partial charge in [-0.25, -0.2) is 4.79 Å². The van der Waals surface area contributed by atoms with Crippen LogP contribution in [0.15, 0.2) is 48.5 Å². The third-order valence-electron chi connectivity index (χ3n) is 3.43. The Morgan fingerprint density at radius 1 is 1.12 bits per heavy atom. The number of nitrogens with one attached hydrogen (secondary N) is 2. The molecule has 25 heavy (non-hydrogen) atoms. The number of alkyl halides is 3. The first kappa shape index (κ1) is 18.6. The van der Waals surface area contributed by atoms with E-state index in [0.717, 1.165) is 24.3 Å². The van der Waals surface area contributed by atoms with E-state index < -0.39 is 23.9 Å². The van der Waals surface area contributed by atoms with Gasteiger partial charge >= 0.3 is 12.2 Å². The zero-order chi connectivity index (χ0) is 18.4. The Labute approximate surface area is 142 Å². The zero-order valence-electron chi connectivity index (χ0n) is 13.3. The third kappa shape index (κ3) is 5.39. The minimum Gasteiger partial charge on any atom is -0.497 e. The van der Waals surface area contributed by atoms with Crippen LogP contribution in [0, 0.1) is 0 Å². The number of rotatable bonds is 5. The van der Waals surface area contributed by atoms with E-state index in [9.17, 15) is 23.1 Å². The van der Waals surface area contributed by atoms with Crippen molar-refractivity contribution in [1.29, 1.82) is 0 Å². The summed E-state index contributed by atoms with van der Waals surface area (Å²) in [5.41, 5.74) is 0.00783. The molecule has 3 N–H and O–H groups in total. The summed E-state index contributed by atoms with van der Waals surface area (Å²) in [7, 11) is 1.53. The lowest BCUT2D eigenvalue weighted by molar-refractivity contribution is -0.137. The van der Waals surface area contributed by atoms with Crippen LogP contribution in [0.5, 0.6) is 5.75 Å². The van der Waals surface area contributed by atoms with Crippen molar-refractivity contribution in [1.82, 2.24) is 5.32 Å². The summed E-state index contributed by atoms with van der Waals surface area (Å²) < 4.78 is 42.4. The molecular weight excluding hydrogens is 337 g/mol. The molecular formula is C17H17F3N2O3. The Kier molecular flexibility index (Phi) is 5.87. The maximum absolute atomic E-state index is 12.5. The van der Waals surface area contributed by atoms with Gasteiger partial charge < -0.3 is 20.5 Å². The minimum absolute atomic E-state index is 0.0567. The molecule has 2 aromatic carbocycles. The van der Waals surface area contributed by atoms with E-state index in [1.165, 1.54) is 7.11 Å². The molecule has 0 unspecified atom stereocenters. The minimum atomic E-state index is -4.43. The van der Waals surface area contributed by atoms with E-state index in [1.807, 2.05) is 0 Å². The van der Waals surface area contributed by atoms with Crippen molar-refractivity contribution < 1.29 is 27.8 Å². The lowest BCUT2D eigenvalue weighted by atomic mass is 10.1. The Hall–Kier alpha value is -2.74. The second kappa shape index (κ2) is 7.89. The number of aliphatic hydroxyl groups is 1. The molecule has 1 atom stereocenters. The number of carbonyl (C=O) groups excluding carboxylic acids is 1. The van der Waals surface area contributed by atoms with Gasteiger partial charge in [0.15, 0.2) is 0 Å². The Bertz CT molecular complexity index is 701. The van der Waals surface area contributed by atoms with Gasteiger partial charge in [0, 0.05) is 12.2 Å². The average molecular weight is 354 g/mol. The predicted octanol–water partition coefficient (Wildman–Crippen LogP) is 3.57. The Morgan fingerprint density at radius 2 is 1.72 bits per heavy atom. The number of methoxy groups -OCH3 is 1. The molecule has 0 fully saturated rings. The van der Waals surface area contributed by atoms with Crippen LogP contribution in [0.3, 0.4) is 0 Å². The summed E-state index contributed by atoms with van der Waals surface area (Å²) >= 11 is 0. The number of hydrogen-bond donors (Lipinski definition) is 3. The number of hydrogen-bond acceptors (Lipinski definition) is 3. The lowest BCUT2D eigenvalue weighted by Gasteiger charge is -2.14. The van der Waals surface area contributed by atoms with Gasteiger partial charge in [-0.05, 0) is 42.0 Å². The monoisotopic (exact) mass is 354 g/mol. The number of carbonyl (C=O) groups is 1. The standard InChI is InChI=1S/C17H17F3N2O3/c1-25-14-8-2-11(3-9-14)15(23)10-21-16(24)22-13-6-4-12(5-7-13)17(18,19)20/h2-9,15,23H,10H2,1H3,(H2,21,22,24)/t15-/m1/s1. The number of amides is 2. The highest BCUT2D eigenvalue weighted by Crippen LogP contribution is 2.29. The predicted molar refractivity (Wildman–Crippen MR) is 86.4 cm³/mol. The van der Waals surface area contributed by atoms with Crippen molar-refractivity contribution in [2.75, 3.05) is 19.0 Å². The first-order chi connectivity index (χ1) is 11.8. The lowest BCUT2D eigenvalue weighted by Crippen LogP contribution is -2.32. The maximum atomic E-state index is 12.5. The fourth-order valence-electron chi connectivity index (χ4n) is 2.05. The van der Waals surface area contributed by atoms with E-state index in [4.69, 9.17) is 4.74 Å². The van der Waals surface area contributed by atoms with Crippen LogP contribution in [0.2, 0.25) is 0 Å². The average Bonchev–Trinajstić information content (AvgIpc) is 2.59. The zero-order valence-corrected chi connectivity index (χ0v) is 13.3. The molecule has 0 saturated carbocycles. The van der Waals surface area contributed by atoms with Gasteiger partial charge in [-0.2, -0.15) is 13.2 Å². The molecule has 2 aromatic rings.